The first kappa shape index (κ1) is 19.0. The van der Waals surface area contributed by atoms with Gasteiger partial charge in [0.15, 0.2) is 5.82 Å². The number of carbonyl (C=O) groups excluding carboxylic acids is 1. The van der Waals surface area contributed by atoms with E-state index in [1.54, 1.807) is 42.5 Å². The Morgan fingerprint density at radius 3 is 2.62 bits per heavy atom. The summed E-state index contributed by atoms with van der Waals surface area (Å²) < 4.78 is 2.11. The maximum Gasteiger partial charge on any atom is 0.234 e. The number of halogens is 3. The Morgan fingerprint density at radius 1 is 1.19 bits per heavy atom. The van der Waals surface area contributed by atoms with Crippen LogP contribution in [-0.4, -0.2) is 26.5 Å². The maximum absolute atomic E-state index is 12.1. The summed E-state index contributed by atoms with van der Waals surface area (Å²) in [6, 6.07) is 12.3. The Bertz CT molecular complexity index is 948. The normalized spacial score (nSPS) is 10.7. The lowest BCUT2D eigenvalue weighted by atomic mass is 10.2. The summed E-state index contributed by atoms with van der Waals surface area (Å²) in [5.74, 6) is 6.45. The number of rotatable bonds is 5. The molecule has 0 radical (unpaired) electrons. The molecule has 0 saturated carbocycles. The van der Waals surface area contributed by atoms with Gasteiger partial charge in [0.25, 0.3) is 0 Å². The van der Waals surface area contributed by atoms with Crippen molar-refractivity contribution in [2.45, 2.75) is 5.16 Å². The lowest BCUT2D eigenvalue weighted by Crippen LogP contribution is -2.16. The third-order valence-corrected chi connectivity index (χ3v) is 5.73. The molecule has 0 spiro atoms. The molecule has 2 aromatic carbocycles. The Morgan fingerprint density at radius 2 is 1.92 bits per heavy atom. The zero-order valence-electron chi connectivity index (χ0n) is 13.1. The molecule has 0 unspecified atom stereocenters. The van der Waals surface area contributed by atoms with Gasteiger partial charge in [-0.25, -0.2) is 4.68 Å². The van der Waals surface area contributed by atoms with Crippen LogP contribution in [0.5, 0.6) is 0 Å². The lowest BCUT2D eigenvalue weighted by molar-refractivity contribution is -0.113. The minimum absolute atomic E-state index is 0.129. The van der Waals surface area contributed by atoms with Crippen molar-refractivity contribution in [1.82, 2.24) is 14.9 Å². The number of thioether (sulfide) groups is 1. The fraction of sp³-hybridized carbons (Fsp3) is 0.0625. The van der Waals surface area contributed by atoms with Gasteiger partial charge in [0.05, 0.1) is 10.8 Å². The monoisotopic (exact) mass is 471 g/mol. The Kier molecular flexibility index (Phi) is 6.08. The van der Waals surface area contributed by atoms with Crippen LogP contribution in [0.1, 0.15) is 0 Å². The van der Waals surface area contributed by atoms with Gasteiger partial charge in [0.2, 0.25) is 11.1 Å². The Balaban J connectivity index is 1.63. The molecule has 0 aliphatic rings. The number of benzene rings is 2. The van der Waals surface area contributed by atoms with Crippen LogP contribution >= 0.6 is 50.9 Å². The molecule has 3 rings (SSSR count). The molecule has 10 heteroatoms. The number of nitrogens with two attached hydrogens (primary N) is 1. The second kappa shape index (κ2) is 8.30. The zero-order valence-corrected chi connectivity index (χ0v) is 17.0. The van der Waals surface area contributed by atoms with E-state index >= 15 is 0 Å². The van der Waals surface area contributed by atoms with Crippen molar-refractivity contribution in [2.75, 3.05) is 16.9 Å². The lowest BCUT2D eigenvalue weighted by Gasteiger charge is -2.06. The minimum atomic E-state index is -0.204. The van der Waals surface area contributed by atoms with Crippen LogP contribution in [0, 0.1) is 0 Å². The molecule has 0 aliphatic carbocycles. The molecule has 6 nitrogen and oxygen atoms in total. The molecule has 0 atom stereocenters. The fourth-order valence-corrected chi connectivity index (χ4v) is 3.28. The zero-order chi connectivity index (χ0) is 18.7. The number of aromatic nitrogens is 3. The van der Waals surface area contributed by atoms with Crippen LogP contribution in [0.25, 0.3) is 11.4 Å². The Labute approximate surface area is 172 Å². The number of nitrogens with zero attached hydrogens (tertiary/aromatic N) is 3. The molecule has 3 N–H and O–H groups in total. The van der Waals surface area contributed by atoms with Crippen LogP contribution in [0.15, 0.2) is 52.1 Å². The first-order chi connectivity index (χ1) is 12.4. The number of anilines is 1. The predicted octanol–water partition coefficient (Wildman–Crippen LogP) is 4.46. The highest BCUT2D eigenvalue weighted by Crippen LogP contribution is 2.26. The second-order valence-electron chi connectivity index (χ2n) is 5.15. The smallest absolute Gasteiger partial charge is 0.234 e. The first-order valence-corrected chi connectivity index (χ1v) is 9.81. The van der Waals surface area contributed by atoms with E-state index in [9.17, 15) is 4.79 Å². The van der Waals surface area contributed by atoms with Crippen molar-refractivity contribution in [1.29, 1.82) is 0 Å². The van der Waals surface area contributed by atoms with E-state index in [-0.39, 0.29) is 11.7 Å². The topological polar surface area (TPSA) is 85.8 Å². The first-order valence-electron chi connectivity index (χ1n) is 7.28. The summed E-state index contributed by atoms with van der Waals surface area (Å²) in [5.41, 5.74) is 1.39. The van der Waals surface area contributed by atoms with E-state index in [0.717, 1.165) is 10.0 Å². The van der Waals surface area contributed by atoms with Crippen molar-refractivity contribution >= 4 is 62.5 Å². The molecule has 26 heavy (non-hydrogen) atoms. The van der Waals surface area contributed by atoms with Crippen molar-refractivity contribution in [2.24, 2.45) is 0 Å². The van der Waals surface area contributed by atoms with Crippen LogP contribution in [-0.2, 0) is 4.79 Å². The molecular formula is C16H12BrCl2N5OS. The van der Waals surface area contributed by atoms with Gasteiger partial charge in [0, 0.05) is 20.7 Å². The maximum atomic E-state index is 12.1. The average molecular weight is 473 g/mol. The second-order valence-corrected chi connectivity index (χ2v) is 7.79. The molecule has 0 aliphatic heterocycles. The molecule has 1 aromatic heterocycles. The summed E-state index contributed by atoms with van der Waals surface area (Å²) in [6.45, 7) is 0. The van der Waals surface area contributed by atoms with Gasteiger partial charge < -0.3 is 11.2 Å². The van der Waals surface area contributed by atoms with Crippen molar-refractivity contribution in [3.8, 4) is 11.4 Å². The molecule has 1 amide bonds. The molecular weight excluding hydrogens is 461 g/mol. The number of hydrogen-bond acceptors (Lipinski definition) is 5. The van der Waals surface area contributed by atoms with Crippen LogP contribution < -0.4 is 11.2 Å². The summed E-state index contributed by atoms with van der Waals surface area (Å²) in [6.07, 6.45) is 0. The molecule has 0 fully saturated rings. The molecule has 3 aromatic rings. The number of nitrogen functional groups attached to an aromatic ring is 1. The third-order valence-electron chi connectivity index (χ3n) is 3.30. The average Bonchev–Trinajstić information content (AvgIpc) is 2.98. The summed E-state index contributed by atoms with van der Waals surface area (Å²) in [4.78, 5) is 12.1. The summed E-state index contributed by atoms with van der Waals surface area (Å²) in [7, 11) is 0. The molecule has 134 valence electrons. The van der Waals surface area contributed by atoms with E-state index < -0.39 is 0 Å². The van der Waals surface area contributed by atoms with Gasteiger partial charge in [-0.15, -0.1) is 10.2 Å². The number of carbonyl (C=O) groups is 1. The van der Waals surface area contributed by atoms with Gasteiger partial charge in [-0.2, -0.15) is 0 Å². The highest BCUT2D eigenvalue weighted by atomic mass is 79.9. The molecule has 0 bridgehead atoms. The fourth-order valence-electron chi connectivity index (χ4n) is 2.07. The van der Waals surface area contributed by atoms with E-state index in [4.69, 9.17) is 29.0 Å². The van der Waals surface area contributed by atoms with Crippen LogP contribution in [0.3, 0.4) is 0 Å². The number of hydrogen-bond donors (Lipinski definition) is 2. The van der Waals surface area contributed by atoms with E-state index in [1.807, 2.05) is 0 Å². The predicted molar refractivity (Wildman–Crippen MR) is 109 cm³/mol. The van der Waals surface area contributed by atoms with E-state index in [0.29, 0.717) is 26.7 Å². The van der Waals surface area contributed by atoms with Gasteiger partial charge >= 0.3 is 0 Å². The Hall–Kier alpha value is -1.74. The highest BCUT2D eigenvalue weighted by molar-refractivity contribution is 9.10. The van der Waals surface area contributed by atoms with Crippen LogP contribution in [0.4, 0.5) is 5.69 Å². The molecule has 0 saturated heterocycles. The number of nitrogens with one attached hydrogen (secondary N) is 1. The van der Waals surface area contributed by atoms with Gasteiger partial charge in [-0.05, 0) is 58.4 Å². The van der Waals surface area contributed by atoms with Crippen molar-refractivity contribution in [3.05, 3.63) is 57.0 Å². The highest BCUT2D eigenvalue weighted by Gasteiger charge is 2.14. The van der Waals surface area contributed by atoms with Crippen molar-refractivity contribution < 1.29 is 4.79 Å². The van der Waals surface area contributed by atoms with Gasteiger partial charge in [0.1, 0.15) is 0 Å². The SMILES string of the molecule is Nn1c(SCC(=O)Nc2ccc(Br)c(Cl)c2)nnc1-c1ccc(Cl)cc1. The van der Waals surface area contributed by atoms with Gasteiger partial charge in [-0.1, -0.05) is 35.0 Å². The summed E-state index contributed by atoms with van der Waals surface area (Å²) >= 11 is 16.4. The third kappa shape index (κ3) is 4.50. The van der Waals surface area contributed by atoms with Crippen LogP contribution in [0.2, 0.25) is 10.0 Å². The minimum Gasteiger partial charge on any atom is -0.335 e. The molecule has 1 heterocycles. The summed E-state index contributed by atoms with van der Waals surface area (Å²) in [5, 5.41) is 12.4. The van der Waals surface area contributed by atoms with E-state index in [2.05, 4.69) is 31.4 Å². The van der Waals surface area contributed by atoms with Gasteiger partial charge in [-0.3, -0.25) is 4.79 Å². The standard InChI is InChI=1S/C16H12BrCl2N5OS/c17-12-6-5-11(7-13(12)19)21-14(25)8-26-16-23-22-15(24(16)20)9-1-3-10(18)4-2-9/h1-7H,8,20H2,(H,21,25). The number of amides is 1. The quantitative estimate of drug-likeness (QED) is 0.423. The van der Waals surface area contributed by atoms with E-state index in [1.165, 1.54) is 16.4 Å². The largest absolute Gasteiger partial charge is 0.335 e. The van der Waals surface area contributed by atoms with Crippen molar-refractivity contribution in [3.63, 3.8) is 0 Å².